The molecule has 0 bridgehead atoms. The Morgan fingerprint density at radius 2 is 1.54 bits per heavy atom. The van der Waals surface area contributed by atoms with E-state index >= 15 is 0 Å². The van der Waals surface area contributed by atoms with Crippen LogP contribution in [0.3, 0.4) is 0 Å². The molecule has 1 heterocycles. The maximum atomic E-state index is 12.8. The Labute approximate surface area is 164 Å². The zero-order valence-corrected chi connectivity index (χ0v) is 17.3. The molecular weight excluding hydrogens is 443 g/mol. The van der Waals surface area contributed by atoms with Crippen molar-refractivity contribution in [1.82, 2.24) is 0 Å². The van der Waals surface area contributed by atoms with Crippen LogP contribution in [0.25, 0.3) is 4.13 Å². The molecule has 0 N–H and O–H groups in total. The average Bonchev–Trinajstić information content (AvgIpc) is 3.07. The molecule has 158 valence electrons. The van der Waals surface area contributed by atoms with Crippen molar-refractivity contribution in [2.75, 3.05) is 11.5 Å². The first-order chi connectivity index (χ1) is 12.7. The maximum absolute atomic E-state index is 12.8. The highest BCUT2D eigenvalue weighted by molar-refractivity contribution is 8.10. The highest BCUT2D eigenvalue weighted by atomic mass is 32.3. The highest BCUT2D eigenvalue weighted by Gasteiger charge is 2.47. The van der Waals surface area contributed by atoms with Gasteiger partial charge < -0.3 is 8.31 Å². The minimum absolute atomic E-state index is 0.0743. The van der Waals surface area contributed by atoms with Gasteiger partial charge in [0.05, 0.1) is 0 Å². The minimum atomic E-state index is -6.27. The molecule has 0 radical (unpaired) electrons. The molecule has 0 spiro atoms. The fourth-order valence-electron chi connectivity index (χ4n) is 2.60. The third-order valence-electron chi connectivity index (χ3n) is 4.10. The summed E-state index contributed by atoms with van der Waals surface area (Å²) in [6, 6.07) is 4.64. The smallest absolute Gasteiger partial charge is 0.395 e. The van der Waals surface area contributed by atoms with E-state index in [0.29, 0.717) is 0 Å². The lowest BCUT2D eigenvalue weighted by molar-refractivity contribution is -0.0425. The van der Waals surface area contributed by atoms with E-state index in [1.165, 1.54) is 12.1 Å². The Bertz CT molecular complexity index is 934. The third kappa shape index (κ3) is 5.19. The second-order valence-electron chi connectivity index (χ2n) is 6.48. The number of halogens is 3. The van der Waals surface area contributed by atoms with E-state index in [-0.39, 0.29) is 22.2 Å². The number of rotatable bonds is 7. The standard InChI is InChI=1S/C15H18F3NO6S3/c1-14(2,26-9-3-4-10-26)13(20)11-5-7-12(8-6-11)25-28(23,24)19-27(21,22)15(16,17)18/h5-8H,3-4,9-10H2,1-2H3. The summed E-state index contributed by atoms with van der Waals surface area (Å²) in [4.78, 5) is 12.8. The molecule has 0 saturated carbocycles. The maximum Gasteiger partial charge on any atom is 0.480 e. The van der Waals surface area contributed by atoms with E-state index < -0.39 is 36.3 Å². The Morgan fingerprint density at radius 3 is 2.00 bits per heavy atom. The predicted octanol–water partition coefficient (Wildman–Crippen LogP) is 2.91. The first-order valence-corrected chi connectivity index (χ1v) is 12.3. The second-order valence-corrected chi connectivity index (χ2v) is 12.3. The van der Waals surface area contributed by atoms with Gasteiger partial charge in [-0.25, -0.2) is 16.8 Å². The van der Waals surface area contributed by atoms with Gasteiger partial charge in [0.1, 0.15) is 17.3 Å². The van der Waals surface area contributed by atoms with Crippen molar-refractivity contribution in [3.8, 4) is 5.75 Å². The van der Waals surface area contributed by atoms with Gasteiger partial charge in [-0.05, 0) is 51.0 Å². The zero-order valence-electron chi connectivity index (χ0n) is 14.9. The first-order valence-electron chi connectivity index (χ1n) is 7.98. The number of carbonyl (C=O) groups excluding carboxylic acids is 1. The van der Waals surface area contributed by atoms with Crippen molar-refractivity contribution in [2.45, 2.75) is 36.9 Å². The van der Waals surface area contributed by atoms with Crippen LogP contribution >= 0.6 is 0 Å². The Balaban J connectivity index is 2.13. The number of sulfonamides is 1. The highest BCUT2D eigenvalue weighted by Crippen LogP contribution is 2.32. The minimum Gasteiger partial charge on any atom is -0.395 e. The monoisotopic (exact) mass is 461 g/mol. The number of Topliss-reactive ketones (excluding diaryl/α,β-unsaturated/α-hetero) is 1. The van der Waals surface area contributed by atoms with Crippen LogP contribution in [0.2, 0.25) is 0 Å². The molecule has 0 atom stereocenters. The predicted molar refractivity (Wildman–Crippen MR) is 99.1 cm³/mol. The number of carbonyl (C=O) groups is 1. The van der Waals surface area contributed by atoms with Gasteiger partial charge in [-0.2, -0.15) is 13.2 Å². The lowest BCUT2D eigenvalue weighted by Crippen LogP contribution is -2.41. The van der Waals surface area contributed by atoms with Crippen LogP contribution in [-0.2, 0) is 31.2 Å². The number of benzene rings is 1. The topological polar surface area (TPSA) is 109 Å². The van der Waals surface area contributed by atoms with E-state index in [0.717, 1.165) is 36.5 Å². The second kappa shape index (κ2) is 7.84. The summed E-state index contributed by atoms with van der Waals surface area (Å²) in [5.41, 5.74) is -5.58. The first kappa shape index (κ1) is 23.0. The lowest BCUT2D eigenvalue weighted by Gasteiger charge is -2.23. The van der Waals surface area contributed by atoms with E-state index in [1.54, 1.807) is 4.13 Å². The van der Waals surface area contributed by atoms with E-state index in [2.05, 4.69) is 4.18 Å². The number of alkyl halides is 3. The van der Waals surface area contributed by atoms with Gasteiger partial charge in [0.2, 0.25) is 16.1 Å². The molecular formula is C15H18F3NO6S3. The SMILES string of the molecule is CC(C)(C(=O)c1ccc(OS(=O)(=O)[N-]S(=O)(=O)C(F)(F)F)cc1)[S+]1CCCC1. The molecule has 0 aliphatic carbocycles. The molecule has 7 nitrogen and oxygen atoms in total. The zero-order chi connectivity index (χ0) is 21.4. The van der Waals surface area contributed by atoms with E-state index in [9.17, 15) is 34.8 Å². The van der Waals surface area contributed by atoms with Crippen LogP contribution in [-0.4, -0.2) is 44.4 Å². The molecule has 0 unspecified atom stereocenters. The normalized spacial score (nSPS) is 16.9. The Hall–Kier alpha value is -1.31. The summed E-state index contributed by atoms with van der Waals surface area (Å²) in [5, 5.41) is 0. The molecule has 1 aliphatic heterocycles. The van der Waals surface area contributed by atoms with Gasteiger partial charge in [-0.1, -0.05) is 0 Å². The van der Waals surface area contributed by atoms with Crippen LogP contribution < -0.4 is 4.18 Å². The summed E-state index contributed by atoms with van der Waals surface area (Å²) in [6.45, 7) is 3.69. The van der Waals surface area contributed by atoms with Crippen LogP contribution in [0.15, 0.2) is 24.3 Å². The molecule has 2 rings (SSSR count). The van der Waals surface area contributed by atoms with Gasteiger partial charge >= 0.3 is 5.51 Å². The van der Waals surface area contributed by atoms with Gasteiger partial charge in [0.15, 0.2) is 14.8 Å². The van der Waals surface area contributed by atoms with Crippen molar-refractivity contribution >= 4 is 37.0 Å². The van der Waals surface area contributed by atoms with Crippen molar-refractivity contribution < 1.29 is 39.0 Å². The van der Waals surface area contributed by atoms with Crippen LogP contribution in [0.4, 0.5) is 13.2 Å². The number of hydrogen-bond acceptors (Lipinski definition) is 6. The van der Waals surface area contributed by atoms with E-state index in [1.807, 2.05) is 13.8 Å². The summed E-state index contributed by atoms with van der Waals surface area (Å²) >= 11 is 0. The number of ketones is 1. The lowest BCUT2D eigenvalue weighted by atomic mass is 10.0. The quantitative estimate of drug-likeness (QED) is 0.456. The van der Waals surface area contributed by atoms with Crippen LogP contribution in [0.1, 0.15) is 37.0 Å². The molecule has 1 fully saturated rings. The van der Waals surface area contributed by atoms with Crippen molar-refractivity contribution in [3.63, 3.8) is 0 Å². The summed E-state index contributed by atoms with van der Waals surface area (Å²) in [6.07, 6.45) is 2.13. The van der Waals surface area contributed by atoms with Crippen LogP contribution in [0.5, 0.6) is 5.75 Å². The van der Waals surface area contributed by atoms with Crippen molar-refractivity contribution in [3.05, 3.63) is 34.0 Å². The molecule has 13 heteroatoms. The molecule has 1 aromatic rings. The summed E-state index contributed by atoms with van der Waals surface area (Å²) < 4.78 is 86.8. The summed E-state index contributed by atoms with van der Waals surface area (Å²) in [7, 11) is -11.8. The molecule has 0 aromatic heterocycles. The molecule has 1 saturated heterocycles. The van der Waals surface area contributed by atoms with Gasteiger partial charge in [0, 0.05) is 16.5 Å². The van der Waals surface area contributed by atoms with Crippen LogP contribution in [0, 0.1) is 0 Å². The number of nitrogens with zero attached hydrogens (tertiary/aromatic N) is 1. The fourth-order valence-corrected chi connectivity index (χ4v) is 7.09. The fraction of sp³-hybridized carbons (Fsp3) is 0.533. The Morgan fingerprint density at radius 1 is 1.04 bits per heavy atom. The molecule has 1 aromatic carbocycles. The van der Waals surface area contributed by atoms with Gasteiger partial charge in [-0.15, -0.1) is 0 Å². The van der Waals surface area contributed by atoms with Gasteiger partial charge in [0.25, 0.3) is 0 Å². The molecule has 0 amide bonds. The third-order valence-corrected chi connectivity index (χ3v) is 9.80. The average molecular weight is 462 g/mol. The Kier molecular flexibility index (Phi) is 6.43. The number of hydrogen-bond donors (Lipinski definition) is 0. The largest absolute Gasteiger partial charge is 0.480 e. The molecule has 1 aliphatic rings. The van der Waals surface area contributed by atoms with Gasteiger partial charge in [-0.3, -0.25) is 4.79 Å². The van der Waals surface area contributed by atoms with Crippen molar-refractivity contribution in [1.29, 1.82) is 0 Å². The summed E-state index contributed by atoms with van der Waals surface area (Å²) in [5.74, 6) is 1.32. The van der Waals surface area contributed by atoms with Crippen molar-refractivity contribution in [2.24, 2.45) is 0 Å². The molecule has 28 heavy (non-hydrogen) atoms. The van der Waals surface area contributed by atoms with E-state index in [4.69, 9.17) is 0 Å².